The third-order valence-corrected chi connectivity index (χ3v) is 6.87. The Labute approximate surface area is 187 Å². The SMILES string of the molecule is Cc1ccc(CCC(=O)N2CCC(C(=O)Nc3ccc(S(N)(=O)=O)cc3)CC2)cc1Cl. The Morgan fingerprint density at radius 3 is 2.35 bits per heavy atom. The molecule has 1 aliphatic heterocycles. The van der Waals surface area contributed by atoms with Crippen LogP contribution in [0, 0.1) is 12.8 Å². The lowest BCUT2D eigenvalue weighted by molar-refractivity contribution is -0.134. The number of amides is 2. The van der Waals surface area contributed by atoms with Crippen molar-refractivity contribution in [1.82, 2.24) is 4.90 Å². The molecule has 0 spiro atoms. The van der Waals surface area contributed by atoms with E-state index in [9.17, 15) is 18.0 Å². The summed E-state index contributed by atoms with van der Waals surface area (Å²) in [5, 5.41) is 8.58. The lowest BCUT2D eigenvalue weighted by Crippen LogP contribution is -2.41. The molecule has 1 fully saturated rings. The van der Waals surface area contributed by atoms with E-state index < -0.39 is 10.0 Å². The van der Waals surface area contributed by atoms with Gasteiger partial charge in [-0.2, -0.15) is 0 Å². The standard InChI is InChI=1S/C22H26ClN3O4S/c1-15-2-3-16(14-20(15)23)4-9-21(27)26-12-10-17(11-13-26)22(28)25-18-5-7-19(8-6-18)31(24,29)30/h2-3,5-8,14,17H,4,9-13H2,1H3,(H,25,28)(H2,24,29,30). The molecule has 9 heteroatoms. The molecule has 2 aromatic carbocycles. The number of piperidine rings is 1. The number of rotatable bonds is 6. The van der Waals surface area contributed by atoms with Crippen molar-refractivity contribution in [3.8, 4) is 0 Å². The Hall–Kier alpha value is -2.42. The van der Waals surface area contributed by atoms with Crippen LogP contribution in [0.15, 0.2) is 47.4 Å². The van der Waals surface area contributed by atoms with Gasteiger partial charge in [0, 0.05) is 36.1 Å². The van der Waals surface area contributed by atoms with Crippen molar-refractivity contribution in [2.45, 2.75) is 37.5 Å². The average molecular weight is 464 g/mol. The van der Waals surface area contributed by atoms with Crippen molar-refractivity contribution in [1.29, 1.82) is 0 Å². The number of halogens is 1. The zero-order chi connectivity index (χ0) is 22.6. The van der Waals surface area contributed by atoms with Gasteiger partial charge in [-0.3, -0.25) is 9.59 Å². The molecule has 3 rings (SSSR count). The first kappa shape index (κ1) is 23.2. The van der Waals surface area contributed by atoms with E-state index in [0.717, 1.165) is 11.1 Å². The van der Waals surface area contributed by atoms with Crippen molar-refractivity contribution in [2.75, 3.05) is 18.4 Å². The number of carbonyl (C=O) groups is 2. The highest BCUT2D eigenvalue weighted by Crippen LogP contribution is 2.22. The van der Waals surface area contributed by atoms with Gasteiger partial charge in [-0.1, -0.05) is 23.7 Å². The monoisotopic (exact) mass is 463 g/mol. The lowest BCUT2D eigenvalue weighted by Gasteiger charge is -2.31. The van der Waals surface area contributed by atoms with Crippen molar-refractivity contribution in [3.63, 3.8) is 0 Å². The summed E-state index contributed by atoms with van der Waals surface area (Å²) in [7, 11) is -3.77. The molecule has 1 saturated heterocycles. The molecular weight excluding hydrogens is 438 g/mol. The minimum atomic E-state index is -3.77. The third-order valence-electron chi connectivity index (χ3n) is 5.53. The second-order valence-corrected chi connectivity index (χ2v) is 9.77. The van der Waals surface area contributed by atoms with Crippen LogP contribution in [0.3, 0.4) is 0 Å². The highest BCUT2D eigenvalue weighted by molar-refractivity contribution is 7.89. The summed E-state index contributed by atoms with van der Waals surface area (Å²) < 4.78 is 22.6. The number of benzene rings is 2. The van der Waals surface area contributed by atoms with Gasteiger partial charge in [-0.25, -0.2) is 13.6 Å². The molecule has 31 heavy (non-hydrogen) atoms. The Bertz CT molecular complexity index is 1060. The second-order valence-electron chi connectivity index (χ2n) is 7.80. The summed E-state index contributed by atoms with van der Waals surface area (Å²) >= 11 is 6.14. The van der Waals surface area contributed by atoms with Crippen LogP contribution < -0.4 is 10.5 Å². The molecular formula is C22H26ClN3O4S. The third kappa shape index (κ3) is 6.29. The molecule has 1 heterocycles. The molecule has 166 valence electrons. The molecule has 1 aliphatic rings. The topological polar surface area (TPSA) is 110 Å². The highest BCUT2D eigenvalue weighted by atomic mass is 35.5. The number of nitrogens with two attached hydrogens (primary N) is 1. The number of sulfonamides is 1. The summed E-state index contributed by atoms with van der Waals surface area (Å²) in [6.07, 6.45) is 2.22. The molecule has 0 saturated carbocycles. The maximum Gasteiger partial charge on any atom is 0.238 e. The van der Waals surface area contributed by atoms with Gasteiger partial charge in [0.25, 0.3) is 0 Å². The number of hydrogen-bond donors (Lipinski definition) is 2. The minimum absolute atomic E-state index is 0.00905. The van der Waals surface area contributed by atoms with E-state index in [1.807, 2.05) is 25.1 Å². The van der Waals surface area contributed by atoms with Crippen LogP contribution in [-0.4, -0.2) is 38.2 Å². The van der Waals surface area contributed by atoms with Gasteiger partial charge in [0.1, 0.15) is 0 Å². The Morgan fingerprint density at radius 1 is 1.13 bits per heavy atom. The fraction of sp³-hybridized carbons (Fsp3) is 0.364. The molecule has 0 radical (unpaired) electrons. The lowest BCUT2D eigenvalue weighted by atomic mass is 9.95. The van der Waals surface area contributed by atoms with Crippen LogP contribution in [0.2, 0.25) is 5.02 Å². The zero-order valence-corrected chi connectivity index (χ0v) is 18.9. The Kier molecular flexibility index (Phi) is 7.35. The quantitative estimate of drug-likeness (QED) is 0.685. The zero-order valence-electron chi connectivity index (χ0n) is 17.3. The van der Waals surface area contributed by atoms with E-state index in [1.165, 1.54) is 24.3 Å². The molecule has 3 N–H and O–H groups in total. The van der Waals surface area contributed by atoms with E-state index in [4.69, 9.17) is 16.7 Å². The van der Waals surface area contributed by atoms with Crippen molar-refractivity contribution in [2.24, 2.45) is 11.1 Å². The summed E-state index contributed by atoms with van der Waals surface area (Å²) in [5.41, 5.74) is 2.55. The number of likely N-dealkylation sites (tertiary alicyclic amines) is 1. The smallest absolute Gasteiger partial charge is 0.238 e. The van der Waals surface area contributed by atoms with Crippen molar-refractivity contribution < 1.29 is 18.0 Å². The van der Waals surface area contributed by atoms with Crippen LogP contribution in [0.5, 0.6) is 0 Å². The first-order valence-electron chi connectivity index (χ1n) is 10.1. The summed E-state index contributed by atoms with van der Waals surface area (Å²) in [6.45, 7) is 3.02. The van der Waals surface area contributed by atoms with Gasteiger partial charge in [0.15, 0.2) is 0 Å². The fourth-order valence-electron chi connectivity index (χ4n) is 3.56. The van der Waals surface area contributed by atoms with Gasteiger partial charge < -0.3 is 10.2 Å². The molecule has 0 aliphatic carbocycles. The number of nitrogens with one attached hydrogen (secondary N) is 1. The number of nitrogens with zero attached hydrogens (tertiary/aromatic N) is 1. The number of aryl methyl sites for hydroxylation is 2. The molecule has 0 aromatic heterocycles. The molecule has 0 atom stereocenters. The van der Waals surface area contributed by atoms with Crippen LogP contribution in [0.1, 0.15) is 30.4 Å². The summed E-state index contributed by atoms with van der Waals surface area (Å²) in [4.78, 5) is 26.9. The predicted molar refractivity (Wildman–Crippen MR) is 120 cm³/mol. The summed E-state index contributed by atoms with van der Waals surface area (Å²) in [6, 6.07) is 11.6. The summed E-state index contributed by atoms with van der Waals surface area (Å²) in [5.74, 6) is -0.253. The number of primary sulfonamides is 1. The second kappa shape index (κ2) is 9.80. The average Bonchev–Trinajstić information content (AvgIpc) is 2.74. The Morgan fingerprint density at radius 2 is 1.77 bits per heavy atom. The number of anilines is 1. The van der Waals surface area contributed by atoms with Crippen LogP contribution >= 0.6 is 11.6 Å². The van der Waals surface area contributed by atoms with Crippen molar-refractivity contribution >= 4 is 39.1 Å². The first-order valence-corrected chi connectivity index (χ1v) is 12.0. The van der Waals surface area contributed by atoms with Crippen LogP contribution in [0.4, 0.5) is 5.69 Å². The van der Waals surface area contributed by atoms with Gasteiger partial charge in [-0.05, 0) is 67.6 Å². The van der Waals surface area contributed by atoms with E-state index in [-0.39, 0.29) is 22.6 Å². The Balaban J connectivity index is 1.46. The molecule has 2 aromatic rings. The highest BCUT2D eigenvalue weighted by Gasteiger charge is 2.27. The largest absolute Gasteiger partial charge is 0.343 e. The van der Waals surface area contributed by atoms with Gasteiger partial charge in [0.2, 0.25) is 21.8 Å². The van der Waals surface area contributed by atoms with E-state index in [2.05, 4.69) is 5.32 Å². The van der Waals surface area contributed by atoms with Crippen molar-refractivity contribution in [3.05, 3.63) is 58.6 Å². The van der Waals surface area contributed by atoms with Gasteiger partial charge >= 0.3 is 0 Å². The number of carbonyl (C=O) groups excluding carboxylic acids is 2. The predicted octanol–water partition coefficient (Wildman–Crippen LogP) is 3.11. The minimum Gasteiger partial charge on any atom is -0.343 e. The van der Waals surface area contributed by atoms with E-state index >= 15 is 0 Å². The molecule has 0 bridgehead atoms. The number of hydrogen-bond acceptors (Lipinski definition) is 4. The normalized spacial score (nSPS) is 15.0. The molecule has 0 unspecified atom stereocenters. The van der Waals surface area contributed by atoms with Crippen LogP contribution in [-0.2, 0) is 26.0 Å². The van der Waals surface area contributed by atoms with E-state index in [0.29, 0.717) is 49.5 Å². The van der Waals surface area contributed by atoms with Gasteiger partial charge in [-0.15, -0.1) is 0 Å². The first-order chi connectivity index (χ1) is 14.6. The van der Waals surface area contributed by atoms with Gasteiger partial charge in [0.05, 0.1) is 4.90 Å². The fourth-order valence-corrected chi connectivity index (χ4v) is 4.28. The molecule has 7 nitrogen and oxygen atoms in total. The molecule has 2 amide bonds. The maximum atomic E-state index is 12.5. The maximum absolute atomic E-state index is 12.5. The van der Waals surface area contributed by atoms with Crippen LogP contribution in [0.25, 0.3) is 0 Å². The van der Waals surface area contributed by atoms with E-state index in [1.54, 1.807) is 4.90 Å².